The minimum absolute atomic E-state index is 0.0949. The van der Waals surface area contributed by atoms with E-state index >= 15 is 0 Å². The molecule has 0 N–H and O–H groups in total. The number of carbonyl (C=O) groups is 3. The number of ether oxygens (including phenoxy) is 3. The molecule has 6 nitrogen and oxygen atoms in total. The summed E-state index contributed by atoms with van der Waals surface area (Å²) < 4.78 is 16.7. The number of hydrogen-bond acceptors (Lipinski definition) is 6. The Morgan fingerprint density at radius 2 is 0.759 bits per heavy atom. The number of allylic oxidation sites excluding steroid dienone is 12. The van der Waals surface area contributed by atoms with Crippen LogP contribution in [0.25, 0.3) is 0 Å². The summed E-state index contributed by atoms with van der Waals surface area (Å²) in [6.45, 7) is 6.34. The molecule has 0 bridgehead atoms. The fourth-order valence-electron chi connectivity index (χ4n) is 6.49. The Kier molecular flexibility index (Phi) is 44.0. The Balaban J connectivity index is 4.44. The minimum atomic E-state index is -0.798. The lowest BCUT2D eigenvalue weighted by Gasteiger charge is -2.18. The van der Waals surface area contributed by atoms with Gasteiger partial charge >= 0.3 is 17.9 Å². The van der Waals surface area contributed by atoms with Crippen molar-refractivity contribution < 1.29 is 28.6 Å². The monoisotopic (exact) mass is 809 g/mol. The van der Waals surface area contributed by atoms with Crippen LogP contribution in [0, 0.1) is 0 Å². The predicted octanol–water partition coefficient (Wildman–Crippen LogP) is 15.5. The molecular formula is C52H88O6. The van der Waals surface area contributed by atoms with Gasteiger partial charge in [-0.05, 0) is 64.2 Å². The van der Waals surface area contributed by atoms with Gasteiger partial charge in [-0.1, -0.05) is 209 Å². The SMILES string of the molecule is CC\C=C/C=C\C=C/C=C\CCCCCC(=O)OC(COC(=O)CCCCCCC/C=C\C/C=C\CC)COC(=O)CCCCCCCCCCCCCCCCC. The summed E-state index contributed by atoms with van der Waals surface area (Å²) in [5, 5.41) is 0. The molecule has 0 aromatic heterocycles. The Hall–Kier alpha value is -3.15. The maximum absolute atomic E-state index is 12.7. The highest BCUT2D eigenvalue weighted by Gasteiger charge is 2.19. The van der Waals surface area contributed by atoms with Crippen molar-refractivity contribution in [2.75, 3.05) is 13.2 Å². The summed E-state index contributed by atoms with van der Waals surface area (Å²) in [6.07, 6.45) is 57.4. The van der Waals surface area contributed by atoms with Crippen LogP contribution >= 0.6 is 0 Å². The summed E-state index contributed by atoms with van der Waals surface area (Å²) in [5.41, 5.74) is 0. The lowest BCUT2D eigenvalue weighted by Crippen LogP contribution is -2.30. The van der Waals surface area contributed by atoms with E-state index in [9.17, 15) is 14.4 Å². The fourth-order valence-corrected chi connectivity index (χ4v) is 6.49. The normalized spacial score (nSPS) is 12.7. The summed E-state index contributed by atoms with van der Waals surface area (Å²) in [4.78, 5) is 37.8. The van der Waals surface area contributed by atoms with Gasteiger partial charge in [0.2, 0.25) is 0 Å². The van der Waals surface area contributed by atoms with E-state index in [2.05, 4.69) is 57.2 Å². The maximum atomic E-state index is 12.7. The van der Waals surface area contributed by atoms with E-state index in [1.54, 1.807) is 0 Å². The first-order chi connectivity index (χ1) is 28.5. The number of rotatable bonds is 42. The average molecular weight is 809 g/mol. The zero-order valence-electron chi connectivity index (χ0n) is 37.8. The van der Waals surface area contributed by atoms with Crippen LogP contribution in [0.4, 0.5) is 0 Å². The molecule has 0 spiro atoms. The molecule has 0 aliphatic heterocycles. The van der Waals surface area contributed by atoms with Crippen LogP contribution in [-0.2, 0) is 28.6 Å². The molecule has 58 heavy (non-hydrogen) atoms. The highest BCUT2D eigenvalue weighted by atomic mass is 16.6. The second kappa shape index (κ2) is 46.5. The Morgan fingerprint density at radius 3 is 1.26 bits per heavy atom. The van der Waals surface area contributed by atoms with Crippen LogP contribution in [0.2, 0.25) is 0 Å². The maximum Gasteiger partial charge on any atom is 0.306 e. The average Bonchev–Trinajstić information content (AvgIpc) is 3.22. The quantitative estimate of drug-likeness (QED) is 0.0201. The van der Waals surface area contributed by atoms with Gasteiger partial charge in [0, 0.05) is 19.3 Å². The number of hydrogen-bond donors (Lipinski definition) is 0. The summed E-state index contributed by atoms with van der Waals surface area (Å²) in [7, 11) is 0. The van der Waals surface area contributed by atoms with E-state index in [-0.39, 0.29) is 37.5 Å². The van der Waals surface area contributed by atoms with Gasteiger partial charge in [0.15, 0.2) is 6.10 Å². The van der Waals surface area contributed by atoms with Crippen molar-refractivity contribution in [3.8, 4) is 0 Å². The third-order valence-corrected chi connectivity index (χ3v) is 10.1. The first-order valence-corrected chi connectivity index (χ1v) is 24.0. The summed E-state index contributed by atoms with van der Waals surface area (Å²) in [6, 6.07) is 0. The molecular weight excluding hydrogens is 721 g/mol. The van der Waals surface area contributed by atoms with Crippen LogP contribution in [0.5, 0.6) is 0 Å². The highest BCUT2D eigenvalue weighted by molar-refractivity contribution is 5.71. The zero-order chi connectivity index (χ0) is 42.3. The number of esters is 3. The molecule has 0 fully saturated rings. The Bertz CT molecular complexity index is 1110. The third-order valence-electron chi connectivity index (χ3n) is 10.1. The predicted molar refractivity (Wildman–Crippen MR) is 247 cm³/mol. The molecule has 0 saturated heterocycles. The first-order valence-electron chi connectivity index (χ1n) is 24.0. The standard InChI is InChI=1S/C52H88O6/c1-4-7-10-13-16-19-22-25-26-28-30-33-36-39-42-45-51(54)57-48-49(47-56-50(53)44-41-38-35-32-29-24-21-18-15-12-9-6-3)58-52(55)46-43-40-37-34-31-27-23-20-17-14-11-8-5-2/h8-9,11-12,14,17-18,20-21,23,27,31,49H,4-7,10,13,15-16,19,22,24-26,28-30,32-48H2,1-3H3/b11-8-,12-9-,17-14-,21-18-,23-20-,31-27-. The van der Waals surface area contributed by atoms with Crippen LogP contribution in [-0.4, -0.2) is 37.2 Å². The van der Waals surface area contributed by atoms with E-state index in [4.69, 9.17) is 14.2 Å². The number of carbonyl (C=O) groups excluding carboxylic acids is 3. The largest absolute Gasteiger partial charge is 0.462 e. The Labute approximate surface area is 357 Å². The number of unbranched alkanes of at least 4 members (excludes halogenated alkanes) is 22. The molecule has 332 valence electrons. The smallest absolute Gasteiger partial charge is 0.306 e. The van der Waals surface area contributed by atoms with Gasteiger partial charge in [0.1, 0.15) is 13.2 Å². The summed E-state index contributed by atoms with van der Waals surface area (Å²) >= 11 is 0. The Morgan fingerprint density at radius 1 is 0.379 bits per heavy atom. The van der Waals surface area contributed by atoms with E-state index < -0.39 is 6.10 Å². The van der Waals surface area contributed by atoms with E-state index in [0.717, 1.165) is 96.3 Å². The van der Waals surface area contributed by atoms with E-state index in [0.29, 0.717) is 19.3 Å². The lowest BCUT2D eigenvalue weighted by molar-refractivity contribution is -0.167. The molecule has 0 aromatic carbocycles. The van der Waals surface area contributed by atoms with Crippen LogP contribution < -0.4 is 0 Å². The van der Waals surface area contributed by atoms with Gasteiger partial charge in [0.05, 0.1) is 0 Å². The zero-order valence-corrected chi connectivity index (χ0v) is 37.8. The topological polar surface area (TPSA) is 78.9 Å². The van der Waals surface area contributed by atoms with Gasteiger partial charge in [-0.3, -0.25) is 14.4 Å². The molecule has 0 aromatic rings. The molecule has 1 atom stereocenters. The van der Waals surface area contributed by atoms with Crippen molar-refractivity contribution in [2.45, 2.75) is 226 Å². The molecule has 0 aliphatic rings. The lowest BCUT2D eigenvalue weighted by atomic mass is 10.0. The highest BCUT2D eigenvalue weighted by Crippen LogP contribution is 2.15. The second-order valence-corrected chi connectivity index (χ2v) is 15.7. The first kappa shape index (κ1) is 54.9. The van der Waals surface area contributed by atoms with Crippen molar-refractivity contribution in [1.82, 2.24) is 0 Å². The van der Waals surface area contributed by atoms with Crippen LogP contribution in [0.3, 0.4) is 0 Å². The molecule has 0 amide bonds. The molecule has 0 rings (SSSR count). The van der Waals surface area contributed by atoms with E-state index in [1.165, 1.54) is 77.0 Å². The van der Waals surface area contributed by atoms with Gasteiger partial charge in [0.25, 0.3) is 0 Å². The van der Waals surface area contributed by atoms with Crippen molar-refractivity contribution in [3.05, 3.63) is 72.9 Å². The van der Waals surface area contributed by atoms with Crippen molar-refractivity contribution in [3.63, 3.8) is 0 Å². The van der Waals surface area contributed by atoms with Crippen molar-refractivity contribution in [2.24, 2.45) is 0 Å². The second-order valence-electron chi connectivity index (χ2n) is 15.7. The minimum Gasteiger partial charge on any atom is -0.462 e. The molecule has 1 unspecified atom stereocenters. The summed E-state index contributed by atoms with van der Waals surface area (Å²) in [5.74, 6) is -0.951. The van der Waals surface area contributed by atoms with Crippen molar-refractivity contribution in [1.29, 1.82) is 0 Å². The fraction of sp³-hybridized carbons (Fsp3) is 0.712. The van der Waals surface area contributed by atoms with Gasteiger partial charge in [-0.2, -0.15) is 0 Å². The van der Waals surface area contributed by atoms with Gasteiger partial charge in [-0.15, -0.1) is 0 Å². The molecule has 0 aliphatic carbocycles. The van der Waals surface area contributed by atoms with Crippen molar-refractivity contribution >= 4 is 17.9 Å². The van der Waals surface area contributed by atoms with Crippen LogP contribution in [0.15, 0.2) is 72.9 Å². The van der Waals surface area contributed by atoms with Gasteiger partial charge < -0.3 is 14.2 Å². The molecule has 0 radical (unpaired) electrons. The van der Waals surface area contributed by atoms with E-state index in [1.807, 2.05) is 36.5 Å². The third kappa shape index (κ3) is 44.0. The molecule has 0 heterocycles. The van der Waals surface area contributed by atoms with Crippen LogP contribution in [0.1, 0.15) is 220 Å². The molecule has 6 heteroatoms. The molecule has 0 saturated carbocycles. The van der Waals surface area contributed by atoms with Gasteiger partial charge in [-0.25, -0.2) is 0 Å².